The highest BCUT2D eigenvalue weighted by molar-refractivity contribution is 6.04. The van der Waals surface area contributed by atoms with Gasteiger partial charge in [-0.1, -0.05) is 0 Å². The summed E-state index contributed by atoms with van der Waals surface area (Å²) in [6, 6.07) is 7.32. The molecule has 0 saturated heterocycles. The van der Waals surface area contributed by atoms with Crippen LogP contribution in [0.25, 0.3) is 5.82 Å². The lowest BCUT2D eigenvalue weighted by Gasteiger charge is -2.32. The molecule has 2 saturated carbocycles. The zero-order valence-corrected chi connectivity index (χ0v) is 18.8. The molecule has 0 aliphatic heterocycles. The summed E-state index contributed by atoms with van der Waals surface area (Å²) in [6.07, 6.45) is 8.56. The van der Waals surface area contributed by atoms with Crippen LogP contribution in [0, 0.1) is 24.1 Å². The Bertz CT molecular complexity index is 1270. The molecule has 9 heteroatoms. The molecule has 2 N–H and O–H groups in total. The standard InChI is InChI=1S/C25H25FN6O2/c1-15-20(13-30-32(15)23-21(26)10-17(11-29-23)16-2-3-16)24(34)31-18-4-5-22(28-12-18)25(14-27)8-6-19(33)7-9-25/h4-5,10-13,16,19,33H,2-3,6-9H2,1H3,(H,31,34). The number of hydrogen-bond acceptors (Lipinski definition) is 6. The van der Waals surface area contributed by atoms with Crippen LogP contribution in [0.2, 0.25) is 0 Å². The van der Waals surface area contributed by atoms with E-state index in [9.17, 15) is 19.6 Å². The molecule has 1 amide bonds. The van der Waals surface area contributed by atoms with Gasteiger partial charge in [0.15, 0.2) is 11.6 Å². The number of aliphatic hydroxyl groups is 1. The van der Waals surface area contributed by atoms with E-state index in [0.717, 1.165) is 18.4 Å². The van der Waals surface area contributed by atoms with Crippen LogP contribution in [0.15, 0.2) is 36.8 Å². The summed E-state index contributed by atoms with van der Waals surface area (Å²) in [5.41, 5.74) is 2.06. The van der Waals surface area contributed by atoms with Gasteiger partial charge in [-0.05, 0) is 75.1 Å². The minimum atomic E-state index is -0.717. The summed E-state index contributed by atoms with van der Waals surface area (Å²) in [5, 5.41) is 26.5. The average Bonchev–Trinajstić information content (AvgIpc) is 3.63. The van der Waals surface area contributed by atoms with Crippen LogP contribution in [-0.4, -0.2) is 36.9 Å². The number of carbonyl (C=O) groups is 1. The van der Waals surface area contributed by atoms with Crippen molar-refractivity contribution in [2.45, 2.75) is 62.9 Å². The third-order valence-electron chi connectivity index (χ3n) is 6.88. The molecule has 0 radical (unpaired) electrons. The summed E-state index contributed by atoms with van der Waals surface area (Å²) in [7, 11) is 0. The minimum absolute atomic E-state index is 0.0615. The van der Waals surface area contributed by atoms with Gasteiger partial charge in [0.05, 0.1) is 52.6 Å². The average molecular weight is 461 g/mol. The van der Waals surface area contributed by atoms with Crippen LogP contribution in [0.5, 0.6) is 0 Å². The van der Waals surface area contributed by atoms with Crippen molar-refractivity contribution in [3.63, 3.8) is 0 Å². The van der Waals surface area contributed by atoms with Crippen LogP contribution in [0.1, 0.15) is 71.8 Å². The number of nitriles is 1. The highest BCUT2D eigenvalue weighted by Crippen LogP contribution is 2.40. The quantitative estimate of drug-likeness (QED) is 0.596. The molecule has 0 atom stereocenters. The van der Waals surface area contributed by atoms with Gasteiger partial charge in [-0.2, -0.15) is 10.4 Å². The van der Waals surface area contributed by atoms with Crippen LogP contribution >= 0.6 is 0 Å². The van der Waals surface area contributed by atoms with Crippen LogP contribution in [0.4, 0.5) is 10.1 Å². The second-order valence-corrected chi connectivity index (χ2v) is 9.22. The van der Waals surface area contributed by atoms with Crippen molar-refractivity contribution in [2.24, 2.45) is 0 Å². The van der Waals surface area contributed by atoms with Gasteiger partial charge in [-0.3, -0.25) is 9.78 Å². The van der Waals surface area contributed by atoms with Crippen LogP contribution in [-0.2, 0) is 5.41 Å². The molecule has 174 valence electrons. The fourth-order valence-electron chi connectivity index (χ4n) is 4.56. The summed E-state index contributed by atoms with van der Waals surface area (Å²) in [6.45, 7) is 1.69. The molecular formula is C25H25FN6O2. The second-order valence-electron chi connectivity index (χ2n) is 9.22. The van der Waals surface area contributed by atoms with Crippen molar-refractivity contribution in [2.75, 3.05) is 5.32 Å². The number of nitrogens with one attached hydrogen (secondary N) is 1. The molecule has 2 fully saturated rings. The molecule has 0 unspecified atom stereocenters. The third kappa shape index (κ3) is 4.05. The maximum absolute atomic E-state index is 14.7. The van der Waals surface area contributed by atoms with E-state index in [1.54, 1.807) is 25.3 Å². The number of hydrogen-bond donors (Lipinski definition) is 2. The van der Waals surface area contributed by atoms with E-state index in [4.69, 9.17) is 0 Å². The predicted molar refractivity (Wildman–Crippen MR) is 122 cm³/mol. The molecule has 2 aliphatic carbocycles. The Morgan fingerprint density at radius 3 is 2.59 bits per heavy atom. The summed E-state index contributed by atoms with van der Waals surface area (Å²) in [4.78, 5) is 21.5. The Hall–Kier alpha value is -3.64. The van der Waals surface area contributed by atoms with Gasteiger partial charge in [0, 0.05) is 6.20 Å². The largest absolute Gasteiger partial charge is 0.393 e. The van der Waals surface area contributed by atoms with Crippen molar-refractivity contribution < 1.29 is 14.3 Å². The Kier molecular flexibility index (Phi) is 5.62. The lowest BCUT2D eigenvalue weighted by Crippen LogP contribution is -2.33. The van der Waals surface area contributed by atoms with Gasteiger partial charge in [0.25, 0.3) is 5.91 Å². The Morgan fingerprint density at radius 1 is 1.21 bits per heavy atom. The number of aliphatic hydroxyl groups excluding tert-OH is 1. The highest BCUT2D eigenvalue weighted by Gasteiger charge is 2.38. The first-order chi connectivity index (χ1) is 16.4. The molecule has 3 heterocycles. The number of aromatic nitrogens is 4. The van der Waals surface area contributed by atoms with Crippen molar-refractivity contribution in [1.29, 1.82) is 5.26 Å². The summed E-state index contributed by atoms with van der Waals surface area (Å²) < 4.78 is 16.0. The van der Waals surface area contributed by atoms with E-state index in [0.29, 0.717) is 54.2 Å². The fraction of sp³-hybridized carbons (Fsp3) is 0.400. The van der Waals surface area contributed by atoms with Gasteiger partial charge in [-0.25, -0.2) is 14.1 Å². The number of halogens is 1. The van der Waals surface area contributed by atoms with Gasteiger partial charge >= 0.3 is 0 Å². The molecule has 5 rings (SSSR count). The lowest BCUT2D eigenvalue weighted by atomic mass is 9.72. The van der Waals surface area contributed by atoms with E-state index < -0.39 is 17.1 Å². The van der Waals surface area contributed by atoms with Gasteiger partial charge in [0.2, 0.25) is 0 Å². The van der Waals surface area contributed by atoms with E-state index in [1.807, 2.05) is 0 Å². The number of rotatable bonds is 5. The molecule has 3 aromatic heterocycles. The maximum Gasteiger partial charge on any atom is 0.259 e. The number of pyridine rings is 2. The van der Waals surface area contributed by atoms with Crippen molar-refractivity contribution >= 4 is 11.6 Å². The number of amides is 1. The zero-order valence-electron chi connectivity index (χ0n) is 18.8. The number of nitrogens with zero attached hydrogens (tertiary/aromatic N) is 5. The number of anilines is 1. The summed E-state index contributed by atoms with van der Waals surface area (Å²) >= 11 is 0. The minimum Gasteiger partial charge on any atom is -0.393 e. The summed E-state index contributed by atoms with van der Waals surface area (Å²) in [5.74, 6) is -0.414. The number of carbonyl (C=O) groups excluding carboxylic acids is 1. The van der Waals surface area contributed by atoms with E-state index >= 15 is 0 Å². The van der Waals surface area contributed by atoms with Crippen molar-refractivity contribution in [3.8, 4) is 11.9 Å². The lowest BCUT2D eigenvalue weighted by molar-refractivity contribution is 0.102. The first-order valence-electron chi connectivity index (χ1n) is 11.5. The Balaban J connectivity index is 1.31. The molecule has 3 aromatic rings. The second kappa shape index (κ2) is 8.61. The Morgan fingerprint density at radius 2 is 1.97 bits per heavy atom. The smallest absolute Gasteiger partial charge is 0.259 e. The molecule has 2 aliphatic rings. The van der Waals surface area contributed by atoms with Crippen LogP contribution in [0.3, 0.4) is 0 Å². The van der Waals surface area contributed by atoms with Crippen molar-refractivity contribution in [3.05, 3.63) is 65.1 Å². The molecule has 0 bridgehead atoms. The maximum atomic E-state index is 14.7. The first kappa shape index (κ1) is 22.2. The van der Waals surface area contributed by atoms with E-state index in [-0.39, 0.29) is 11.9 Å². The molecule has 8 nitrogen and oxygen atoms in total. The molecular weight excluding hydrogens is 435 g/mol. The normalized spacial score (nSPS) is 22.2. The van der Waals surface area contributed by atoms with Gasteiger partial charge < -0.3 is 10.4 Å². The third-order valence-corrected chi connectivity index (χ3v) is 6.88. The Labute approximate surface area is 196 Å². The molecule has 0 aromatic carbocycles. The van der Waals surface area contributed by atoms with E-state index in [2.05, 4.69) is 26.5 Å². The fourth-order valence-corrected chi connectivity index (χ4v) is 4.56. The predicted octanol–water partition coefficient (Wildman–Crippen LogP) is 3.94. The zero-order chi connectivity index (χ0) is 23.9. The van der Waals surface area contributed by atoms with Crippen molar-refractivity contribution in [1.82, 2.24) is 19.7 Å². The highest BCUT2D eigenvalue weighted by atomic mass is 19.1. The first-order valence-corrected chi connectivity index (χ1v) is 11.5. The van der Waals surface area contributed by atoms with E-state index in [1.165, 1.54) is 23.1 Å². The van der Waals surface area contributed by atoms with Gasteiger partial charge in [0.1, 0.15) is 0 Å². The molecule has 0 spiro atoms. The SMILES string of the molecule is Cc1c(C(=O)Nc2ccc(C3(C#N)CCC(O)CC3)nc2)cnn1-c1ncc(C2CC2)cc1F. The van der Waals surface area contributed by atoms with Crippen LogP contribution < -0.4 is 5.32 Å². The topological polar surface area (TPSA) is 117 Å². The molecule has 34 heavy (non-hydrogen) atoms. The monoisotopic (exact) mass is 460 g/mol. The van der Waals surface area contributed by atoms with Gasteiger partial charge in [-0.15, -0.1) is 0 Å².